The molecule has 0 radical (unpaired) electrons. The maximum Gasteiger partial charge on any atom is 0.268 e. The van der Waals surface area contributed by atoms with Crippen LogP contribution in [0.1, 0.15) is 27.2 Å². The van der Waals surface area contributed by atoms with Crippen molar-refractivity contribution < 1.29 is 5.11 Å². The van der Waals surface area contributed by atoms with Gasteiger partial charge in [0.05, 0.1) is 17.5 Å². The van der Waals surface area contributed by atoms with Crippen molar-refractivity contribution in [2.75, 3.05) is 11.9 Å². The van der Waals surface area contributed by atoms with Crippen molar-refractivity contribution in [2.24, 2.45) is 0 Å². The van der Waals surface area contributed by atoms with E-state index in [1.807, 2.05) is 6.92 Å². The molecule has 0 aliphatic carbocycles. The number of nitrogens with one attached hydrogen (secondary N) is 1. The average molecular weight is 225 g/mol. The first kappa shape index (κ1) is 12.7. The fourth-order valence-corrected chi connectivity index (χ4v) is 1.28. The molecule has 16 heavy (non-hydrogen) atoms. The molecule has 5 nitrogen and oxygen atoms in total. The summed E-state index contributed by atoms with van der Waals surface area (Å²) in [4.78, 5) is 11.6. The standard InChI is InChI=1S/C11H19N3O2/c1-4-12-9-7-10(15)14(13-8-9)6-5-11(2,3)16/h7-8,12,16H,4-6H2,1-3H3. The smallest absolute Gasteiger partial charge is 0.268 e. The Morgan fingerprint density at radius 3 is 2.75 bits per heavy atom. The predicted octanol–water partition coefficient (Wildman–Crippen LogP) is 0.836. The normalized spacial score (nSPS) is 11.5. The number of nitrogens with zero attached hydrogens (tertiary/aromatic N) is 2. The van der Waals surface area contributed by atoms with Crippen molar-refractivity contribution >= 4 is 5.69 Å². The summed E-state index contributed by atoms with van der Waals surface area (Å²) >= 11 is 0. The highest BCUT2D eigenvalue weighted by atomic mass is 16.3. The first-order valence-corrected chi connectivity index (χ1v) is 5.46. The minimum atomic E-state index is -0.776. The van der Waals surface area contributed by atoms with Gasteiger partial charge in [-0.1, -0.05) is 0 Å². The minimum Gasteiger partial charge on any atom is -0.390 e. The summed E-state index contributed by atoms with van der Waals surface area (Å²) in [5.74, 6) is 0. The number of aliphatic hydroxyl groups is 1. The lowest BCUT2D eigenvalue weighted by Gasteiger charge is -2.16. The van der Waals surface area contributed by atoms with Crippen LogP contribution >= 0.6 is 0 Å². The zero-order chi connectivity index (χ0) is 12.2. The van der Waals surface area contributed by atoms with E-state index in [2.05, 4.69) is 10.4 Å². The molecule has 1 heterocycles. The van der Waals surface area contributed by atoms with Gasteiger partial charge >= 0.3 is 0 Å². The van der Waals surface area contributed by atoms with Crippen LogP contribution in [0, 0.1) is 0 Å². The highest BCUT2D eigenvalue weighted by Gasteiger charge is 2.12. The quantitative estimate of drug-likeness (QED) is 0.779. The Kier molecular flexibility index (Phi) is 4.06. The van der Waals surface area contributed by atoms with E-state index in [1.165, 1.54) is 10.7 Å². The van der Waals surface area contributed by atoms with Gasteiger partial charge in [-0.25, -0.2) is 4.68 Å². The van der Waals surface area contributed by atoms with Gasteiger partial charge in [-0.3, -0.25) is 4.79 Å². The lowest BCUT2D eigenvalue weighted by atomic mass is 10.1. The van der Waals surface area contributed by atoms with Crippen LogP contribution in [-0.4, -0.2) is 27.0 Å². The number of aromatic nitrogens is 2. The molecule has 1 aromatic heterocycles. The third-order valence-electron chi connectivity index (χ3n) is 2.19. The topological polar surface area (TPSA) is 67.2 Å². The Labute approximate surface area is 95.1 Å². The van der Waals surface area contributed by atoms with Crippen LogP contribution in [0.15, 0.2) is 17.1 Å². The molecule has 90 valence electrons. The molecule has 5 heteroatoms. The third kappa shape index (κ3) is 4.02. The van der Waals surface area contributed by atoms with E-state index < -0.39 is 5.60 Å². The average Bonchev–Trinajstić information content (AvgIpc) is 2.15. The Balaban J connectivity index is 2.72. The molecule has 0 aromatic carbocycles. The Morgan fingerprint density at radius 2 is 2.25 bits per heavy atom. The molecular weight excluding hydrogens is 206 g/mol. The summed E-state index contributed by atoms with van der Waals surface area (Å²) < 4.78 is 1.36. The van der Waals surface area contributed by atoms with Crippen molar-refractivity contribution in [1.29, 1.82) is 0 Å². The van der Waals surface area contributed by atoms with Crippen LogP contribution in [0.2, 0.25) is 0 Å². The number of anilines is 1. The summed E-state index contributed by atoms with van der Waals surface area (Å²) in [6.45, 7) is 6.57. The molecule has 0 atom stereocenters. The van der Waals surface area contributed by atoms with Crippen LogP contribution in [0.5, 0.6) is 0 Å². The van der Waals surface area contributed by atoms with Crippen molar-refractivity contribution in [3.63, 3.8) is 0 Å². The van der Waals surface area contributed by atoms with Crippen LogP contribution < -0.4 is 10.9 Å². The fourth-order valence-electron chi connectivity index (χ4n) is 1.28. The Morgan fingerprint density at radius 1 is 1.56 bits per heavy atom. The molecule has 0 amide bonds. The SMILES string of the molecule is CCNc1cnn(CCC(C)(C)O)c(=O)c1. The number of rotatable bonds is 5. The van der Waals surface area contributed by atoms with Crippen LogP contribution in [0.3, 0.4) is 0 Å². The van der Waals surface area contributed by atoms with Crippen molar-refractivity contribution in [3.05, 3.63) is 22.6 Å². The van der Waals surface area contributed by atoms with E-state index in [0.29, 0.717) is 13.0 Å². The molecule has 0 spiro atoms. The number of hydrogen-bond acceptors (Lipinski definition) is 4. The lowest BCUT2D eigenvalue weighted by Crippen LogP contribution is -2.28. The maximum absolute atomic E-state index is 11.6. The van der Waals surface area contributed by atoms with Gasteiger partial charge in [0.2, 0.25) is 0 Å². The lowest BCUT2D eigenvalue weighted by molar-refractivity contribution is 0.0646. The predicted molar refractivity (Wildman–Crippen MR) is 63.6 cm³/mol. The van der Waals surface area contributed by atoms with E-state index in [0.717, 1.165) is 12.2 Å². The van der Waals surface area contributed by atoms with Crippen LogP contribution in [0.25, 0.3) is 0 Å². The maximum atomic E-state index is 11.6. The molecule has 0 bridgehead atoms. The van der Waals surface area contributed by atoms with Crippen LogP contribution in [-0.2, 0) is 6.54 Å². The van der Waals surface area contributed by atoms with Gasteiger partial charge in [-0.2, -0.15) is 5.10 Å². The third-order valence-corrected chi connectivity index (χ3v) is 2.19. The molecule has 0 saturated carbocycles. The van der Waals surface area contributed by atoms with E-state index in [9.17, 15) is 9.90 Å². The number of aryl methyl sites for hydroxylation is 1. The minimum absolute atomic E-state index is 0.150. The highest BCUT2D eigenvalue weighted by molar-refractivity contribution is 5.38. The van der Waals surface area contributed by atoms with Gasteiger partial charge in [-0.15, -0.1) is 0 Å². The number of hydrogen-bond donors (Lipinski definition) is 2. The van der Waals surface area contributed by atoms with Crippen molar-refractivity contribution in [2.45, 2.75) is 39.3 Å². The first-order valence-electron chi connectivity index (χ1n) is 5.46. The van der Waals surface area contributed by atoms with Gasteiger partial charge in [0.1, 0.15) is 0 Å². The first-order chi connectivity index (χ1) is 7.42. The summed E-state index contributed by atoms with van der Waals surface area (Å²) in [5, 5.41) is 16.6. The fraction of sp³-hybridized carbons (Fsp3) is 0.636. The van der Waals surface area contributed by atoms with Gasteiger partial charge in [0, 0.05) is 19.2 Å². The second-order valence-electron chi connectivity index (χ2n) is 4.40. The Bertz CT molecular complexity index is 393. The molecule has 2 N–H and O–H groups in total. The second kappa shape index (κ2) is 5.12. The van der Waals surface area contributed by atoms with E-state index in [-0.39, 0.29) is 5.56 Å². The zero-order valence-corrected chi connectivity index (χ0v) is 10.0. The van der Waals surface area contributed by atoms with E-state index in [4.69, 9.17) is 0 Å². The largest absolute Gasteiger partial charge is 0.390 e. The van der Waals surface area contributed by atoms with E-state index >= 15 is 0 Å². The zero-order valence-electron chi connectivity index (χ0n) is 10.0. The molecule has 1 aromatic rings. The molecule has 0 saturated heterocycles. The summed E-state index contributed by atoms with van der Waals surface area (Å²) in [5.41, 5.74) is -0.198. The highest BCUT2D eigenvalue weighted by Crippen LogP contribution is 2.07. The molecule has 1 rings (SSSR count). The molecule has 0 fully saturated rings. The van der Waals surface area contributed by atoms with Gasteiger partial charge in [0.15, 0.2) is 0 Å². The summed E-state index contributed by atoms with van der Waals surface area (Å²) in [6.07, 6.45) is 2.12. The second-order valence-corrected chi connectivity index (χ2v) is 4.40. The summed E-state index contributed by atoms with van der Waals surface area (Å²) in [7, 11) is 0. The van der Waals surface area contributed by atoms with Crippen LogP contribution in [0.4, 0.5) is 5.69 Å². The molecule has 0 unspecified atom stereocenters. The summed E-state index contributed by atoms with van der Waals surface area (Å²) in [6, 6.07) is 1.51. The monoisotopic (exact) mass is 225 g/mol. The molecule has 0 aliphatic rings. The molecular formula is C11H19N3O2. The van der Waals surface area contributed by atoms with Gasteiger partial charge < -0.3 is 10.4 Å². The van der Waals surface area contributed by atoms with Crippen molar-refractivity contribution in [1.82, 2.24) is 9.78 Å². The Hall–Kier alpha value is -1.36. The van der Waals surface area contributed by atoms with Gasteiger partial charge in [0.25, 0.3) is 5.56 Å². The molecule has 0 aliphatic heterocycles. The van der Waals surface area contributed by atoms with Gasteiger partial charge in [-0.05, 0) is 27.2 Å². The van der Waals surface area contributed by atoms with E-state index in [1.54, 1.807) is 20.0 Å². The van der Waals surface area contributed by atoms with Crippen molar-refractivity contribution in [3.8, 4) is 0 Å².